The predicted octanol–water partition coefficient (Wildman–Crippen LogP) is 4.40. The molecule has 0 saturated carbocycles. The molecule has 1 aliphatic carbocycles. The summed E-state index contributed by atoms with van der Waals surface area (Å²) in [7, 11) is 1.57. The van der Waals surface area contributed by atoms with Gasteiger partial charge in [0.15, 0.2) is 17.1 Å². The number of benzene rings is 3. The quantitative estimate of drug-likeness (QED) is 0.535. The molecular weight excluding hydrogens is 424 g/mol. The lowest BCUT2D eigenvalue weighted by molar-refractivity contribution is 0.0279. The van der Waals surface area contributed by atoms with Gasteiger partial charge in [0.05, 0.1) is 7.11 Å². The maximum absolute atomic E-state index is 14.1. The van der Waals surface area contributed by atoms with Crippen molar-refractivity contribution in [3.8, 4) is 5.75 Å². The van der Waals surface area contributed by atoms with Crippen molar-refractivity contribution >= 4 is 11.6 Å². The molecule has 2 aliphatic rings. The van der Waals surface area contributed by atoms with Crippen LogP contribution >= 0.6 is 0 Å². The molecule has 174 valence electrons. The normalized spacial score (nSPS) is 21.0. The molecular formula is C29H30N2O3. The number of fused-ring (bicyclic) bond motifs is 1. The van der Waals surface area contributed by atoms with Gasteiger partial charge in [0, 0.05) is 43.9 Å². The van der Waals surface area contributed by atoms with E-state index in [9.17, 15) is 9.59 Å². The highest BCUT2D eigenvalue weighted by Crippen LogP contribution is 2.44. The molecule has 5 heteroatoms. The van der Waals surface area contributed by atoms with Gasteiger partial charge in [0.25, 0.3) is 0 Å². The Balaban J connectivity index is 1.50. The largest absolute Gasteiger partial charge is 0.497 e. The summed E-state index contributed by atoms with van der Waals surface area (Å²) < 4.78 is 5.36. The first-order chi connectivity index (χ1) is 16.4. The van der Waals surface area contributed by atoms with E-state index < -0.39 is 5.54 Å². The Morgan fingerprint density at radius 1 is 0.824 bits per heavy atom. The van der Waals surface area contributed by atoms with Gasteiger partial charge in [-0.1, -0.05) is 54.1 Å². The van der Waals surface area contributed by atoms with Crippen LogP contribution in [0.4, 0.5) is 0 Å². The molecule has 3 aromatic rings. The summed E-state index contributed by atoms with van der Waals surface area (Å²) in [6.45, 7) is 7.88. The fraction of sp³-hybridized carbons (Fsp3) is 0.310. The van der Waals surface area contributed by atoms with Crippen LogP contribution in [0.5, 0.6) is 5.75 Å². The molecule has 0 bridgehead atoms. The third-order valence-electron chi connectivity index (χ3n) is 7.31. The van der Waals surface area contributed by atoms with Gasteiger partial charge in [-0.05, 0) is 48.7 Å². The Labute approximate surface area is 201 Å². The Kier molecular flexibility index (Phi) is 5.84. The van der Waals surface area contributed by atoms with E-state index >= 15 is 0 Å². The molecule has 3 aromatic carbocycles. The zero-order chi connectivity index (χ0) is 23.9. The maximum Gasteiger partial charge on any atom is 0.196 e. The van der Waals surface area contributed by atoms with Gasteiger partial charge in [-0.15, -0.1) is 0 Å². The summed E-state index contributed by atoms with van der Waals surface area (Å²) in [6.07, 6.45) is 0. The molecule has 5 nitrogen and oxygen atoms in total. The van der Waals surface area contributed by atoms with Crippen LogP contribution in [0.2, 0.25) is 0 Å². The number of aryl methyl sites for hydroxylation is 2. The van der Waals surface area contributed by atoms with Crippen molar-refractivity contribution in [1.82, 2.24) is 9.80 Å². The van der Waals surface area contributed by atoms with E-state index in [2.05, 4.69) is 41.0 Å². The molecule has 0 aromatic heterocycles. The van der Waals surface area contributed by atoms with Gasteiger partial charge in [-0.25, -0.2) is 0 Å². The second-order valence-electron chi connectivity index (χ2n) is 9.34. The topological polar surface area (TPSA) is 49.9 Å². The molecule has 34 heavy (non-hydrogen) atoms. The highest BCUT2D eigenvalue weighted by molar-refractivity contribution is 6.33. The van der Waals surface area contributed by atoms with E-state index in [1.165, 1.54) is 11.1 Å². The predicted molar refractivity (Wildman–Crippen MR) is 133 cm³/mol. The van der Waals surface area contributed by atoms with Crippen LogP contribution < -0.4 is 4.74 Å². The van der Waals surface area contributed by atoms with Gasteiger partial charge in [-0.2, -0.15) is 0 Å². The zero-order valence-corrected chi connectivity index (χ0v) is 20.0. The van der Waals surface area contributed by atoms with Crippen molar-refractivity contribution in [3.05, 3.63) is 100 Å². The average Bonchev–Trinajstić information content (AvgIpc) is 3.08. The summed E-state index contributed by atoms with van der Waals surface area (Å²) in [5.74, 6) is 0.306. The number of ether oxygens (including phenoxy) is 1. The summed E-state index contributed by atoms with van der Waals surface area (Å²) >= 11 is 0. The van der Waals surface area contributed by atoms with E-state index in [0.717, 1.165) is 30.8 Å². The fourth-order valence-electron chi connectivity index (χ4n) is 5.40. The van der Waals surface area contributed by atoms with E-state index in [4.69, 9.17) is 4.74 Å². The molecule has 0 radical (unpaired) electrons. The number of methoxy groups -OCH3 is 1. The monoisotopic (exact) mass is 454 g/mol. The lowest BCUT2D eigenvalue weighted by atomic mass is 9.82. The minimum Gasteiger partial charge on any atom is -0.497 e. The van der Waals surface area contributed by atoms with Crippen LogP contribution in [0.3, 0.4) is 0 Å². The average molecular weight is 455 g/mol. The Morgan fingerprint density at radius 2 is 1.56 bits per heavy atom. The van der Waals surface area contributed by atoms with Gasteiger partial charge >= 0.3 is 0 Å². The van der Waals surface area contributed by atoms with Crippen molar-refractivity contribution < 1.29 is 14.3 Å². The van der Waals surface area contributed by atoms with Gasteiger partial charge in [-0.3, -0.25) is 19.4 Å². The highest BCUT2D eigenvalue weighted by Gasteiger charge is 2.58. The van der Waals surface area contributed by atoms with Crippen molar-refractivity contribution in [1.29, 1.82) is 0 Å². The van der Waals surface area contributed by atoms with Crippen LogP contribution in [0.1, 0.15) is 43.0 Å². The lowest BCUT2D eigenvalue weighted by Gasteiger charge is -2.44. The number of carbonyl (C=O) groups excluding carboxylic acids is 2. The molecule has 5 rings (SSSR count). The third-order valence-corrected chi connectivity index (χ3v) is 7.31. The molecule has 1 atom stereocenters. The number of hydrogen-bond acceptors (Lipinski definition) is 5. The van der Waals surface area contributed by atoms with Gasteiger partial charge < -0.3 is 4.74 Å². The van der Waals surface area contributed by atoms with Crippen molar-refractivity contribution in [3.63, 3.8) is 0 Å². The number of carbonyl (C=O) groups is 2. The molecule has 0 amide bonds. The Bertz CT molecular complexity index is 1260. The lowest BCUT2D eigenvalue weighted by Crippen LogP contribution is -2.60. The molecule has 0 spiro atoms. The minimum absolute atomic E-state index is 0.131. The van der Waals surface area contributed by atoms with Crippen LogP contribution in [0.15, 0.2) is 66.7 Å². The standard InChI is InChI=1S/C29H30N2O3/c1-20-7-6-10-23(17-20)29(27(32)25-12-11-24(34-3)18-26(25)28(29)33)31-15-13-30(14-16-31)19-22-9-5-4-8-21(22)2/h4-12,17-18H,13-16,19H2,1-3H3. The summed E-state index contributed by atoms with van der Waals surface area (Å²) in [4.78, 5) is 32.6. The highest BCUT2D eigenvalue weighted by atomic mass is 16.5. The SMILES string of the molecule is COc1ccc2c(c1)C(=O)C(c1cccc(C)c1)(N1CCN(Cc3ccccc3C)CC1)C2=O. The number of Topliss-reactive ketones (excluding diaryl/α,β-unsaturated/α-hetero) is 2. The van der Waals surface area contributed by atoms with E-state index in [-0.39, 0.29) is 11.6 Å². The number of rotatable bonds is 5. The Hall–Kier alpha value is -3.28. The number of ketones is 2. The number of piperazine rings is 1. The summed E-state index contributed by atoms with van der Waals surface area (Å²) in [5, 5.41) is 0. The van der Waals surface area contributed by atoms with E-state index in [0.29, 0.717) is 30.0 Å². The van der Waals surface area contributed by atoms with Crippen molar-refractivity contribution in [2.75, 3.05) is 33.3 Å². The van der Waals surface area contributed by atoms with Crippen molar-refractivity contribution in [2.24, 2.45) is 0 Å². The first kappa shape index (κ1) is 22.5. The van der Waals surface area contributed by atoms with Crippen LogP contribution in [-0.2, 0) is 12.1 Å². The third kappa shape index (κ3) is 3.56. The molecule has 1 aliphatic heterocycles. The summed E-state index contributed by atoms with van der Waals surface area (Å²) in [6, 6.07) is 21.5. The second kappa shape index (κ2) is 8.82. The maximum atomic E-state index is 14.1. The van der Waals surface area contributed by atoms with E-state index in [1.807, 2.05) is 31.2 Å². The minimum atomic E-state index is -1.32. The first-order valence-electron chi connectivity index (χ1n) is 11.8. The number of nitrogens with zero attached hydrogens (tertiary/aromatic N) is 2. The van der Waals surface area contributed by atoms with Crippen molar-refractivity contribution in [2.45, 2.75) is 25.9 Å². The fourth-order valence-corrected chi connectivity index (χ4v) is 5.40. The molecule has 1 saturated heterocycles. The van der Waals surface area contributed by atoms with E-state index in [1.54, 1.807) is 25.3 Å². The van der Waals surface area contributed by atoms with Crippen LogP contribution in [0.25, 0.3) is 0 Å². The summed E-state index contributed by atoms with van der Waals surface area (Å²) in [5.41, 5.74) is 4.00. The molecule has 1 unspecified atom stereocenters. The number of hydrogen-bond donors (Lipinski definition) is 0. The zero-order valence-electron chi connectivity index (χ0n) is 20.0. The smallest absolute Gasteiger partial charge is 0.196 e. The van der Waals surface area contributed by atoms with Gasteiger partial charge in [0.2, 0.25) is 0 Å². The second-order valence-corrected chi connectivity index (χ2v) is 9.34. The van der Waals surface area contributed by atoms with Gasteiger partial charge in [0.1, 0.15) is 5.75 Å². The molecule has 1 fully saturated rings. The first-order valence-corrected chi connectivity index (χ1v) is 11.8. The van der Waals surface area contributed by atoms with Crippen LogP contribution in [-0.4, -0.2) is 54.7 Å². The Morgan fingerprint density at radius 3 is 2.26 bits per heavy atom. The molecule has 0 N–H and O–H groups in total. The molecule has 1 heterocycles. The van der Waals surface area contributed by atoms with Crippen LogP contribution in [0, 0.1) is 13.8 Å².